The number of rotatable bonds is 4. The Bertz CT molecular complexity index is 491. The molecule has 2 rings (SSSR count). The second kappa shape index (κ2) is 7.21. The number of ether oxygens (including phenoxy) is 2. The highest BCUT2D eigenvalue weighted by molar-refractivity contribution is 5.89. The summed E-state index contributed by atoms with van der Waals surface area (Å²) in [7, 11) is 0. The Morgan fingerprint density at radius 1 is 1.43 bits per heavy atom. The van der Waals surface area contributed by atoms with Gasteiger partial charge in [-0.25, -0.2) is 13.6 Å². The van der Waals surface area contributed by atoms with E-state index in [1.165, 1.54) is 0 Å². The molecule has 0 atom stereocenters. The van der Waals surface area contributed by atoms with Gasteiger partial charge in [-0.15, -0.1) is 0 Å². The van der Waals surface area contributed by atoms with Crippen LogP contribution in [0.4, 0.5) is 19.3 Å². The standard InChI is InChI=1S/C14H18F2N2O3/c1-10-2-3-11(8-12(10)21-9-13(15)16)17-14(19)18-4-6-20-7-5-18/h2-3,8,13H,4-7,9H2,1H3,(H,17,19). The Labute approximate surface area is 121 Å². The number of morpholine rings is 1. The third-order valence-corrected chi connectivity index (χ3v) is 3.10. The van der Waals surface area contributed by atoms with Crippen LogP contribution in [0, 0.1) is 6.92 Å². The molecule has 1 fully saturated rings. The molecule has 1 aliphatic rings. The number of carbonyl (C=O) groups excluding carboxylic acids is 1. The third kappa shape index (κ3) is 4.56. The van der Waals surface area contributed by atoms with Crippen molar-refractivity contribution in [3.05, 3.63) is 23.8 Å². The van der Waals surface area contributed by atoms with E-state index in [0.29, 0.717) is 37.7 Å². The second-order valence-electron chi connectivity index (χ2n) is 4.71. The molecule has 1 heterocycles. The van der Waals surface area contributed by atoms with E-state index in [0.717, 1.165) is 5.56 Å². The SMILES string of the molecule is Cc1ccc(NC(=O)N2CCOCC2)cc1OCC(F)F. The van der Waals surface area contributed by atoms with Crippen LogP contribution in [0.1, 0.15) is 5.56 Å². The number of halogens is 2. The first-order valence-corrected chi connectivity index (χ1v) is 6.71. The first-order valence-electron chi connectivity index (χ1n) is 6.71. The van der Waals surface area contributed by atoms with Gasteiger partial charge in [-0.2, -0.15) is 0 Å². The van der Waals surface area contributed by atoms with Gasteiger partial charge in [-0.05, 0) is 18.6 Å². The molecular weight excluding hydrogens is 282 g/mol. The van der Waals surface area contributed by atoms with Gasteiger partial charge < -0.3 is 19.7 Å². The summed E-state index contributed by atoms with van der Waals surface area (Å²) >= 11 is 0. The van der Waals surface area contributed by atoms with Crippen LogP contribution in [0.5, 0.6) is 5.75 Å². The summed E-state index contributed by atoms with van der Waals surface area (Å²) in [5, 5.41) is 2.73. The molecule has 7 heteroatoms. The molecule has 0 aliphatic carbocycles. The number of anilines is 1. The van der Waals surface area contributed by atoms with Crippen LogP contribution in [-0.2, 0) is 4.74 Å². The van der Waals surface area contributed by atoms with Gasteiger partial charge in [0.2, 0.25) is 0 Å². The molecule has 116 valence electrons. The Morgan fingerprint density at radius 2 is 2.14 bits per heavy atom. The highest BCUT2D eigenvalue weighted by atomic mass is 19.3. The van der Waals surface area contributed by atoms with Crippen molar-refractivity contribution in [1.82, 2.24) is 4.90 Å². The maximum Gasteiger partial charge on any atom is 0.322 e. The van der Waals surface area contributed by atoms with Gasteiger partial charge in [0.15, 0.2) is 0 Å². The number of urea groups is 1. The molecule has 1 aromatic rings. The van der Waals surface area contributed by atoms with Crippen molar-refractivity contribution in [2.75, 3.05) is 38.2 Å². The molecule has 2 amide bonds. The van der Waals surface area contributed by atoms with Gasteiger partial charge in [-0.1, -0.05) is 6.07 Å². The molecule has 5 nitrogen and oxygen atoms in total. The largest absolute Gasteiger partial charge is 0.487 e. The molecule has 0 bridgehead atoms. The first-order chi connectivity index (χ1) is 10.1. The predicted octanol–water partition coefficient (Wildman–Crippen LogP) is 2.50. The van der Waals surface area contributed by atoms with Crippen molar-refractivity contribution in [3.63, 3.8) is 0 Å². The molecule has 0 unspecified atom stereocenters. The molecular formula is C14H18F2N2O3. The van der Waals surface area contributed by atoms with Gasteiger partial charge in [0, 0.05) is 24.8 Å². The number of amides is 2. The number of carbonyl (C=O) groups is 1. The maximum atomic E-state index is 12.2. The average molecular weight is 300 g/mol. The summed E-state index contributed by atoms with van der Waals surface area (Å²) < 4.78 is 34.6. The fourth-order valence-electron chi connectivity index (χ4n) is 1.96. The van der Waals surface area contributed by atoms with Crippen LogP contribution in [-0.4, -0.2) is 50.3 Å². The molecule has 1 aliphatic heterocycles. The van der Waals surface area contributed by atoms with Crippen LogP contribution in [0.15, 0.2) is 18.2 Å². The zero-order chi connectivity index (χ0) is 15.2. The molecule has 0 spiro atoms. The maximum absolute atomic E-state index is 12.2. The molecule has 0 saturated carbocycles. The van der Waals surface area contributed by atoms with E-state index in [1.54, 1.807) is 30.0 Å². The number of nitrogens with zero attached hydrogens (tertiary/aromatic N) is 1. The van der Waals surface area contributed by atoms with Crippen molar-refractivity contribution >= 4 is 11.7 Å². The van der Waals surface area contributed by atoms with Gasteiger partial charge in [0.05, 0.1) is 13.2 Å². The van der Waals surface area contributed by atoms with Gasteiger partial charge in [0.1, 0.15) is 12.4 Å². The molecule has 1 N–H and O–H groups in total. The third-order valence-electron chi connectivity index (χ3n) is 3.10. The minimum absolute atomic E-state index is 0.234. The Morgan fingerprint density at radius 3 is 2.81 bits per heavy atom. The van der Waals surface area contributed by atoms with Crippen LogP contribution in [0.25, 0.3) is 0 Å². The zero-order valence-electron chi connectivity index (χ0n) is 11.8. The summed E-state index contributed by atoms with van der Waals surface area (Å²) in [6.45, 7) is 3.20. The van der Waals surface area contributed by atoms with Crippen molar-refractivity contribution in [3.8, 4) is 5.75 Å². The lowest BCUT2D eigenvalue weighted by Gasteiger charge is -2.27. The Balaban J connectivity index is 1.99. The number of benzene rings is 1. The topological polar surface area (TPSA) is 50.8 Å². The van der Waals surface area contributed by atoms with Crippen molar-refractivity contribution < 1.29 is 23.0 Å². The van der Waals surface area contributed by atoms with Gasteiger partial charge >= 0.3 is 6.03 Å². The summed E-state index contributed by atoms with van der Waals surface area (Å²) in [5.74, 6) is 0.343. The lowest BCUT2D eigenvalue weighted by Crippen LogP contribution is -2.43. The Hall–Kier alpha value is -1.89. The number of hydrogen-bond acceptors (Lipinski definition) is 3. The monoisotopic (exact) mass is 300 g/mol. The van der Waals surface area contributed by atoms with E-state index < -0.39 is 13.0 Å². The van der Waals surface area contributed by atoms with E-state index >= 15 is 0 Å². The number of alkyl halides is 2. The average Bonchev–Trinajstić information content (AvgIpc) is 2.48. The molecule has 0 aromatic heterocycles. The van der Waals surface area contributed by atoms with Crippen molar-refractivity contribution in [2.24, 2.45) is 0 Å². The fraction of sp³-hybridized carbons (Fsp3) is 0.500. The van der Waals surface area contributed by atoms with E-state index in [4.69, 9.17) is 9.47 Å². The normalized spacial score (nSPS) is 15.1. The van der Waals surface area contributed by atoms with Crippen LogP contribution >= 0.6 is 0 Å². The quantitative estimate of drug-likeness (QED) is 0.929. The summed E-state index contributed by atoms with van der Waals surface area (Å²) in [6, 6.07) is 4.75. The minimum atomic E-state index is -2.53. The zero-order valence-corrected chi connectivity index (χ0v) is 11.8. The smallest absolute Gasteiger partial charge is 0.322 e. The van der Waals surface area contributed by atoms with Crippen molar-refractivity contribution in [2.45, 2.75) is 13.3 Å². The molecule has 1 saturated heterocycles. The molecule has 0 radical (unpaired) electrons. The molecule has 1 aromatic carbocycles. The second-order valence-corrected chi connectivity index (χ2v) is 4.71. The molecule has 21 heavy (non-hydrogen) atoms. The predicted molar refractivity (Wildman–Crippen MR) is 74.1 cm³/mol. The number of aryl methyl sites for hydroxylation is 1. The minimum Gasteiger partial charge on any atom is -0.487 e. The van der Waals surface area contributed by atoms with Crippen LogP contribution in [0.3, 0.4) is 0 Å². The lowest BCUT2D eigenvalue weighted by atomic mass is 10.2. The highest BCUT2D eigenvalue weighted by Crippen LogP contribution is 2.23. The summed E-state index contributed by atoms with van der Waals surface area (Å²) in [4.78, 5) is 13.7. The van der Waals surface area contributed by atoms with Gasteiger partial charge in [0.25, 0.3) is 6.43 Å². The lowest BCUT2D eigenvalue weighted by molar-refractivity contribution is 0.0564. The number of nitrogens with one attached hydrogen (secondary N) is 1. The van der Waals surface area contributed by atoms with E-state index in [-0.39, 0.29) is 6.03 Å². The summed E-state index contributed by atoms with van der Waals surface area (Å²) in [5.41, 5.74) is 1.25. The summed E-state index contributed by atoms with van der Waals surface area (Å²) in [6.07, 6.45) is -2.53. The van der Waals surface area contributed by atoms with E-state index in [1.807, 2.05) is 0 Å². The van der Waals surface area contributed by atoms with E-state index in [2.05, 4.69) is 5.32 Å². The van der Waals surface area contributed by atoms with Crippen LogP contribution in [0.2, 0.25) is 0 Å². The van der Waals surface area contributed by atoms with E-state index in [9.17, 15) is 13.6 Å². The van der Waals surface area contributed by atoms with Gasteiger partial charge in [-0.3, -0.25) is 0 Å². The van der Waals surface area contributed by atoms with Crippen molar-refractivity contribution in [1.29, 1.82) is 0 Å². The fourth-order valence-corrected chi connectivity index (χ4v) is 1.96. The number of hydrogen-bond donors (Lipinski definition) is 1. The highest BCUT2D eigenvalue weighted by Gasteiger charge is 2.17. The van der Waals surface area contributed by atoms with Crippen LogP contribution < -0.4 is 10.1 Å². The Kier molecular flexibility index (Phi) is 5.32. The first kappa shape index (κ1) is 15.5.